The summed E-state index contributed by atoms with van der Waals surface area (Å²) in [6.07, 6.45) is -2.30. The fourth-order valence-corrected chi connectivity index (χ4v) is 1.91. The maximum absolute atomic E-state index is 12.5. The van der Waals surface area contributed by atoms with Crippen molar-refractivity contribution in [2.45, 2.75) is 40.0 Å². The Morgan fingerprint density at radius 1 is 1.18 bits per heavy atom. The number of phenols is 2. The van der Waals surface area contributed by atoms with Gasteiger partial charge in [-0.15, -0.1) is 13.2 Å². The second-order valence-electron chi connectivity index (χ2n) is 4.82. The second kappa shape index (κ2) is 6.81. The first-order valence-electron chi connectivity index (χ1n) is 6.65. The van der Waals surface area contributed by atoms with E-state index >= 15 is 0 Å². The molecule has 0 aliphatic rings. The fourth-order valence-electron chi connectivity index (χ4n) is 1.91. The number of alkyl halides is 3. The molecule has 0 saturated carbocycles. The average molecular weight is 320 g/mol. The van der Waals surface area contributed by atoms with Crippen molar-refractivity contribution in [3.63, 3.8) is 0 Å². The predicted molar refractivity (Wildman–Crippen MR) is 75.5 cm³/mol. The van der Waals surface area contributed by atoms with Crippen LogP contribution in [0.1, 0.15) is 31.4 Å². The van der Waals surface area contributed by atoms with Crippen molar-refractivity contribution in [2.24, 2.45) is 0 Å². The number of hydrogen-bond donors (Lipinski definition) is 2. The summed E-state index contributed by atoms with van der Waals surface area (Å²) in [6, 6.07) is 0. The number of methoxy groups -OCH3 is 1. The largest absolute Gasteiger partial charge is 0.573 e. The lowest BCUT2D eigenvalue weighted by atomic mass is 10.00. The van der Waals surface area contributed by atoms with Gasteiger partial charge in [0.2, 0.25) is 11.5 Å². The summed E-state index contributed by atoms with van der Waals surface area (Å²) in [7, 11) is 1.08. The molecule has 0 heterocycles. The molecule has 0 saturated heterocycles. The molecule has 0 spiro atoms. The van der Waals surface area contributed by atoms with Crippen LogP contribution < -0.4 is 9.47 Å². The molecule has 4 nitrogen and oxygen atoms in total. The van der Waals surface area contributed by atoms with Crippen LogP contribution in [0.15, 0.2) is 11.6 Å². The van der Waals surface area contributed by atoms with Crippen molar-refractivity contribution in [2.75, 3.05) is 7.11 Å². The normalized spacial score (nSPS) is 12.4. The number of aromatic hydroxyl groups is 2. The van der Waals surface area contributed by atoms with Gasteiger partial charge in [0.25, 0.3) is 0 Å². The van der Waals surface area contributed by atoms with Crippen LogP contribution in [0.4, 0.5) is 13.2 Å². The minimum atomic E-state index is -5.01. The lowest BCUT2D eigenvalue weighted by molar-refractivity contribution is -0.275. The smallest absolute Gasteiger partial charge is 0.504 e. The summed E-state index contributed by atoms with van der Waals surface area (Å²) in [5, 5.41) is 20.1. The van der Waals surface area contributed by atoms with E-state index in [0.29, 0.717) is 0 Å². The first-order valence-corrected chi connectivity index (χ1v) is 6.65. The van der Waals surface area contributed by atoms with Gasteiger partial charge in [-0.05, 0) is 26.7 Å². The zero-order chi connectivity index (χ0) is 17.1. The van der Waals surface area contributed by atoms with Crippen molar-refractivity contribution in [1.82, 2.24) is 0 Å². The van der Waals surface area contributed by atoms with Gasteiger partial charge in [-0.25, -0.2) is 0 Å². The van der Waals surface area contributed by atoms with E-state index in [-0.39, 0.29) is 17.5 Å². The molecule has 0 unspecified atom stereocenters. The first kappa shape index (κ1) is 18.0. The molecule has 0 aliphatic heterocycles. The highest BCUT2D eigenvalue weighted by Gasteiger charge is 2.36. The van der Waals surface area contributed by atoms with E-state index in [4.69, 9.17) is 4.74 Å². The van der Waals surface area contributed by atoms with Gasteiger partial charge in [0, 0.05) is 11.1 Å². The van der Waals surface area contributed by atoms with E-state index in [1.807, 2.05) is 13.8 Å². The molecular formula is C15H19F3O4. The number of halogens is 3. The highest BCUT2D eigenvalue weighted by atomic mass is 19.4. The van der Waals surface area contributed by atoms with Crippen LogP contribution in [-0.4, -0.2) is 23.7 Å². The van der Waals surface area contributed by atoms with Crippen molar-refractivity contribution < 1.29 is 32.9 Å². The van der Waals surface area contributed by atoms with Gasteiger partial charge < -0.3 is 19.7 Å². The monoisotopic (exact) mass is 320 g/mol. The molecule has 0 bridgehead atoms. The van der Waals surface area contributed by atoms with Crippen LogP contribution in [-0.2, 0) is 6.42 Å². The first-order chi connectivity index (χ1) is 10.1. The van der Waals surface area contributed by atoms with Crippen molar-refractivity contribution >= 4 is 0 Å². The molecule has 0 fully saturated rings. The SMILES string of the molecule is CC/C(C)=C/Cc1c(C)c(O)c(OC)c(OC(F)(F)F)c1O. The Kier molecular flexibility index (Phi) is 5.57. The summed E-state index contributed by atoms with van der Waals surface area (Å²) >= 11 is 0. The maximum Gasteiger partial charge on any atom is 0.573 e. The third kappa shape index (κ3) is 3.99. The zero-order valence-corrected chi connectivity index (χ0v) is 12.8. The average Bonchev–Trinajstić information content (AvgIpc) is 2.43. The molecule has 1 aromatic rings. The Hall–Kier alpha value is -2.05. The van der Waals surface area contributed by atoms with E-state index in [1.54, 1.807) is 6.08 Å². The molecule has 0 aliphatic carbocycles. The minimum absolute atomic E-state index is 0.158. The molecule has 7 heteroatoms. The standard InChI is InChI=1S/C15H19F3O4/c1-5-8(2)6-7-10-9(3)11(19)13(21-4)14(12(10)20)22-15(16,17)18/h6,19-20H,5,7H2,1-4H3/b8-6+. The Bertz CT molecular complexity index is 577. The molecule has 1 aromatic carbocycles. The van der Waals surface area contributed by atoms with E-state index < -0.39 is 29.4 Å². The van der Waals surface area contributed by atoms with Crippen LogP contribution >= 0.6 is 0 Å². The predicted octanol–water partition coefficient (Wildman–Crippen LogP) is 4.21. The van der Waals surface area contributed by atoms with Gasteiger partial charge in [0.15, 0.2) is 11.5 Å². The van der Waals surface area contributed by atoms with Crippen LogP contribution in [0.5, 0.6) is 23.0 Å². The number of benzene rings is 1. The van der Waals surface area contributed by atoms with Gasteiger partial charge >= 0.3 is 6.36 Å². The van der Waals surface area contributed by atoms with Gasteiger partial charge in [-0.2, -0.15) is 0 Å². The summed E-state index contributed by atoms with van der Waals surface area (Å²) in [5.41, 5.74) is 1.40. The maximum atomic E-state index is 12.5. The molecule has 0 radical (unpaired) electrons. The highest BCUT2D eigenvalue weighted by Crippen LogP contribution is 2.50. The molecule has 22 heavy (non-hydrogen) atoms. The minimum Gasteiger partial charge on any atom is -0.504 e. The Morgan fingerprint density at radius 2 is 1.77 bits per heavy atom. The number of phenolic OH excluding ortho intramolecular Hbond substituents is 2. The summed E-state index contributed by atoms with van der Waals surface area (Å²) in [6.45, 7) is 5.28. The van der Waals surface area contributed by atoms with Gasteiger partial charge in [-0.3, -0.25) is 0 Å². The quantitative estimate of drug-likeness (QED) is 0.630. The van der Waals surface area contributed by atoms with Crippen molar-refractivity contribution in [3.8, 4) is 23.0 Å². The number of hydrogen-bond acceptors (Lipinski definition) is 4. The number of ether oxygens (including phenoxy) is 2. The van der Waals surface area contributed by atoms with E-state index in [2.05, 4.69) is 4.74 Å². The Balaban J connectivity index is 3.46. The fraction of sp³-hybridized carbons (Fsp3) is 0.467. The van der Waals surface area contributed by atoms with Gasteiger partial charge in [0.05, 0.1) is 7.11 Å². The molecule has 0 atom stereocenters. The van der Waals surface area contributed by atoms with Crippen LogP contribution in [0.25, 0.3) is 0 Å². The Morgan fingerprint density at radius 3 is 2.23 bits per heavy atom. The highest BCUT2D eigenvalue weighted by molar-refractivity contribution is 5.66. The van der Waals surface area contributed by atoms with Crippen LogP contribution in [0.2, 0.25) is 0 Å². The molecular weight excluding hydrogens is 301 g/mol. The number of allylic oxidation sites excluding steroid dienone is 2. The molecule has 124 valence electrons. The van der Waals surface area contributed by atoms with Crippen molar-refractivity contribution in [3.05, 3.63) is 22.8 Å². The van der Waals surface area contributed by atoms with Crippen LogP contribution in [0.3, 0.4) is 0 Å². The summed E-state index contributed by atoms with van der Waals surface area (Å²) < 4.78 is 46.0. The van der Waals surface area contributed by atoms with Gasteiger partial charge in [0.1, 0.15) is 0 Å². The third-order valence-corrected chi connectivity index (χ3v) is 3.36. The van der Waals surface area contributed by atoms with E-state index in [0.717, 1.165) is 19.1 Å². The molecule has 2 N–H and O–H groups in total. The van der Waals surface area contributed by atoms with E-state index in [9.17, 15) is 23.4 Å². The lowest BCUT2D eigenvalue weighted by Gasteiger charge is -2.19. The summed E-state index contributed by atoms with van der Waals surface area (Å²) in [5.74, 6) is -2.66. The number of rotatable bonds is 5. The van der Waals surface area contributed by atoms with E-state index in [1.165, 1.54) is 6.92 Å². The van der Waals surface area contributed by atoms with Crippen LogP contribution in [0, 0.1) is 6.92 Å². The summed E-state index contributed by atoms with van der Waals surface area (Å²) in [4.78, 5) is 0. The Labute approximate surface area is 126 Å². The third-order valence-electron chi connectivity index (χ3n) is 3.36. The molecule has 0 aromatic heterocycles. The lowest BCUT2D eigenvalue weighted by Crippen LogP contribution is -2.18. The molecule has 0 amide bonds. The molecule has 1 rings (SSSR count). The topological polar surface area (TPSA) is 58.9 Å². The zero-order valence-electron chi connectivity index (χ0n) is 12.8. The van der Waals surface area contributed by atoms with Gasteiger partial charge in [-0.1, -0.05) is 18.6 Å². The second-order valence-corrected chi connectivity index (χ2v) is 4.82. The van der Waals surface area contributed by atoms with Crippen molar-refractivity contribution in [1.29, 1.82) is 0 Å².